The number of nitrogens with zero attached hydrogens (tertiary/aromatic N) is 2. The highest BCUT2D eigenvalue weighted by Gasteiger charge is 2.26. The normalized spacial score (nSPS) is 19.7. The van der Waals surface area contributed by atoms with Crippen LogP contribution in [0.5, 0.6) is 0 Å². The van der Waals surface area contributed by atoms with Crippen LogP contribution in [0.1, 0.15) is 42.9 Å². The van der Waals surface area contributed by atoms with E-state index in [1.54, 1.807) is 6.07 Å². The van der Waals surface area contributed by atoms with Crippen molar-refractivity contribution in [2.24, 2.45) is 11.3 Å². The number of nitrogens with one attached hydrogen (secondary N) is 1. The van der Waals surface area contributed by atoms with Gasteiger partial charge in [0.05, 0.1) is 6.54 Å². The minimum absolute atomic E-state index is 0.227. The molecule has 2 rings (SSSR count). The summed E-state index contributed by atoms with van der Waals surface area (Å²) in [7, 11) is 0. The monoisotopic (exact) mass is 252 g/mol. The molecule has 0 atom stereocenters. The quantitative estimate of drug-likeness (QED) is 0.474. The van der Waals surface area contributed by atoms with Crippen LogP contribution in [0.2, 0.25) is 0 Å². The maximum absolute atomic E-state index is 11.2. The summed E-state index contributed by atoms with van der Waals surface area (Å²) in [6.45, 7) is 7.38. The van der Waals surface area contributed by atoms with Gasteiger partial charge >= 0.3 is 0 Å². The van der Waals surface area contributed by atoms with E-state index in [0.717, 1.165) is 13.1 Å². The Bertz CT molecular complexity index is 417. The van der Waals surface area contributed by atoms with Gasteiger partial charge in [0.2, 0.25) is 0 Å². The van der Waals surface area contributed by atoms with E-state index in [2.05, 4.69) is 23.9 Å². The zero-order chi connectivity index (χ0) is 13.2. The fraction of sp³-hybridized carbons (Fsp3) is 0.667. The van der Waals surface area contributed by atoms with Crippen LogP contribution >= 0.6 is 0 Å². The highest BCUT2D eigenvalue weighted by atomic mass is 16.5. The molecule has 0 unspecified atom stereocenters. The number of carbonyl (C=O) groups excluding carboxylic acids is 1. The second-order valence-electron chi connectivity index (χ2n) is 5.59. The average molecular weight is 252 g/mol. The van der Waals surface area contributed by atoms with E-state index >= 15 is 0 Å². The molecule has 3 N–H and O–H groups in total. The SMILES string of the molecule is CC1(C)CCN(Cc2cc(C(=O)NN)no2)CC1. The molecule has 2 heterocycles. The van der Waals surface area contributed by atoms with Gasteiger partial charge in [0.25, 0.3) is 5.91 Å². The van der Waals surface area contributed by atoms with Gasteiger partial charge in [-0.1, -0.05) is 19.0 Å². The van der Waals surface area contributed by atoms with Gasteiger partial charge < -0.3 is 4.52 Å². The number of amides is 1. The highest BCUT2D eigenvalue weighted by Crippen LogP contribution is 2.30. The number of nitrogen functional groups attached to an aromatic ring is 1. The largest absolute Gasteiger partial charge is 0.359 e. The number of hydrogen-bond donors (Lipinski definition) is 2. The zero-order valence-electron chi connectivity index (χ0n) is 10.9. The summed E-state index contributed by atoms with van der Waals surface area (Å²) in [6, 6.07) is 1.64. The van der Waals surface area contributed by atoms with Crippen LogP contribution < -0.4 is 11.3 Å². The number of hydrazine groups is 1. The van der Waals surface area contributed by atoms with Crippen LogP contribution in [0.25, 0.3) is 0 Å². The molecule has 0 spiro atoms. The van der Waals surface area contributed by atoms with Gasteiger partial charge in [0.1, 0.15) is 0 Å². The summed E-state index contributed by atoms with van der Waals surface area (Å²) in [5, 5.41) is 3.69. The van der Waals surface area contributed by atoms with E-state index in [1.807, 2.05) is 5.43 Å². The maximum Gasteiger partial charge on any atom is 0.287 e. The molecule has 18 heavy (non-hydrogen) atoms. The average Bonchev–Trinajstić information content (AvgIpc) is 2.79. The molecule has 1 aliphatic heterocycles. The predicted octanol–water partition coefficient (Wildman–Crippen LogP) is 0.900. The summed E-state index contributed by atoms with van der Waals surface area (Å²) in [4.78, 5) is 13.5. The maximum atomic E-state index is 11.2. The van der Waals surface area contributed by atoms with Crippen LogP contribution in [0, 0.1) is 5.41 Å². The Morgan fingerprint density at radius 3 is 2.83 bits per heavy atom. The lowest BCUT2D eigenvalue weighted by molar-refractivity contribution is 0.0943. The number of likely N-dealkylation sites (tertiary alicyclic amines) is 1. The molecule has 1 aliphatic rings. The molecule has 1 aromatic rings. The zero-order valence-corrected chi connectivity index (χ0v) is 10.9. The number of hydrogen-bond acceptors (Lipinski definition) is 5. The van der Waals surface area contributed by atoms with E-state index < -0.39 is 5.91 Å². The summed E-state index contributed by atoms with van der Waals surface area (Å²) in [5.74, 6) is 5.31. The van der Waals surface area contributed by atoms with Crippen molar-refractivity contribution >= 4 is 5.91 Å². The Hall–Kier alpha value is -1.40. The summed E-state index contributed by atoms with van der Waals surface area (Å²) < 4.78 is 5.13. The molecule has 100 valence electrons. The molecule has 1 saturated heterocycles. The molecule has 1 fully saturated rings. The van der Waals surface area contributed by atoms with Gasteiger partial charge in [-0.3, -0.25) is 15.1 Å². The first-order valence-electron chi connectivity index (χ1n) is 6.19. The molecule has 0 radical (unpaired) electrons. The smallest absolute Gasteiger partial charge is 0.287 e. The van der Waals surface area contributed by atoms with Crippen molar-refractivity contribution in [1.29, 1.82) is 0 Å². The predicted molar refractivity (Wildman–Crippen MR) is 66.4 cm³/mol. The fourth-order valence-electron chi connectivity index (χ4n) is 2.11. The minimum Gasteiger partial charge on any atom is -0.359 e. The van der Waals surface area contributed by atoms with Crippen molar-refractivity contribution in [2.75, 3.05) is 13.1 Å². The van der Waals surface area contributed by atoms with E-state index in [9.17, 15) is 4.79 Å². The van der Waals surface area contributed by atoms with Gasteiger partial charge in [-0.05, 0) is 31.3 Å². The summed E-state index contributed by atoms with van der Waals surface area (Å²) in [5.41, 5.74) is 2.69. The van der Waals surface area contributed by atoms with Gasteiger partial charge in [-0.2, -0.15) is 0 Å². The first-order valence-corrected chi connectivity index (χ1v) is 6.19. The Labute approximate surface area is 106 Å². The number of piperidine rings is 1. The van der Waals surface area contributed by atoms with E-state index in [-0.39, 0.29) is 5.69 Å². The first kappa shape index (κ1) is 13.0. The lowest BCUT2D eigenvalue weighted by atomic mass is 9.83. The molecular weight excluding hydrogens is 232 g/mol. The number of aromatic nitrogens is 1. The fourth-order valence-corrected chi connectivity index (χ4v) is 2.11. The summed E-state index contributed by atoms with van der Waals surface area (Å²) >= 11 is 0. The Balaban J connectivity index is 1.90. The Morgan fingerprint density at radius 2 is 2.22 bits per heavy atom. The second kappa shape index (κ2) is 5.07. The van der Waals surface area contributed by atoms with Crippen molar-refractivity contribution in [3.63, 3.8) is 0 Å². The number of carbonyl (C=O) groups is 1. The van der Waals surface area contributed by atoms with Gasteiger partial charge in [0.15, 0.2) is 11.5 Å². The Kier molecular flexibility index (Phi) is 3.68. The van der Waals surface area contributed by atoms with Crippen molar-refractivity contribution < 1.29 is 9.32 Å². The van der Waals surface area contributed by atoms with Gasteiger partial charge in [0, 0.05) is 6.07 Å². The van der Waals surface area contributed by atoms with E-state index in [1.165, 1.54) is 12.8 Å². The van der Waals surface area contributed by atoms with Crippen molar-refractivity contribution in [3.8, 4) is 0 Å². The molecule has 0 aromatic carbocycles. The standard InChI is InChI=1S/C12H20N4O2/c1-12(2)3-5-16(6-4-12)8-9-7-10(15-18-9)11(17)14-13/h7H,3-6,8,13H2,1-2H3,(H,14,17). The Morgan fingerprint density at radius 1 is 1.56 bits per heavy atom. The van der Waals surface area contributed by atoms with Crippen LogP contribution in [0.3, 0.4) is 0 Å². The summed E-state index contributed by atoms with van der Waals surface area (Å²) in [6.07, 6.45) is 2.36. The van der Waals surface area contributed by atoms with Crippen molar-refractivity contribution in [2.45, 2.75) is 33.2 Å². The molecule has 6 heteroatoms. The third-order valence-corrected chi connectivity index (χ3v) is 3.51. The number of nitrogens with two attached hydrogens (primary N) is 1. The minimum atomic E-state index is -0.426. The molecule has 0 aliphatic carbocycles. The third kappa shape index (κ3) is 3.08. The van der Waals surface area contributed by atoms with Crippen molar-refractivity contribution in [1.82, 2.24) is 15.5 Å². The van der Waals surface area contributed by atoms with Gasteiger partial charge in [-0.25, -0.2) is 5.84 Å². The topological polar surface area (TPSA) is 84.4 Å². The van der Waals surface area contributed by atoms with E-state index in [0.29, 0.717) is 17.7 Å². The molecule has 6 nitrogen and oxygen atoms in total. The second-order valence-corrected chi connectivity index (χ2v) is 5.59. The molecule has 1 aromatic heterocycles. The first-order chi connectivity index (χ1) is 8.50. The molecule has 1 amide bonds. The molecule has 0 bridgehead atoms. The van der Waals surface area contributed by atoms with Crippen LogP contribution in [-0.4, -0.2) is 29.1 Å². The third-order valence-electron chi connectivity index (χ3n) is 3.51. The van der Waals surface area contributed by atoms with Crippen LogP contribution in [0.15, 0.2) is 10.6 Å². The van der Waals surface area contributed by atoms with Crippen molar-refractivity contribution in [3.05, 3.63) is 17.5 Å². The molecule has 0 saturated carbocycles. The van der Waals surface area contributed by atoms with E-state index in [4.69, 9.17) is 10.4 Å². The number of rotatable bonds is 3. The van der Waals surface area contributed by atoms with Crippen LogP contribution in [-0.2, 0) is 6.54 Å². The highest BCUT2D eigenvalue weighted by molar-refractivity contribution is 5.91. The van der Waals surface area contributed by atoms with Crippen LogP contribution in [0.4, 0.5) is 0 Å². The lowest BCUT2D eigenvalue weighted by Gasteiger charge is -2.36. The lowest BCUT2D eigenvalue weighted by Crippen LogP contribution is -2.36. The van der Waals surface area contributed by atoms with Gasteiger partial charge in [-0.15, -0.1) is 0 Å². The molecular formula is C12H20N4O2.